The van der Waals surface area contributed by atoms with Gasteiger partial charge in [0, 0.05) is 12.5 Å². The fourth-order valence-electron chi connectivity index (χ4n) is 1.80. The van der Waals surface area contributed by atoms with Gasteiger partial charge < -0.3 is 4.74 Å². The van der Waals surface area contributed by atoms with Crippen molar-refractivity contribution in [2.24, 2.45) is 0 Å². The molecule has 20 heavy (non-hydrogen) atoms. The van der Waals surface area contributed by atoms with Crippen LogP contribution in [0.3, 0.4) is 0 Å². The molecule has 0 fully saturated rings. The Hall–Kier alpha value is -1.75. The summed E-state index contributed by atoms with van der Waals surface area (Å²) in [6, 6.07) is 8.21. The van der Waals surface area contributed by atoms with E-state index in [-0.39, 0.29) is 33.8 Å². The highest BCUT2D eigenvalue weighted by Crippen LogP contribution is 2.27. The van der Waals surface area contributed by atoms with Crippen LogP contribution in [0.1, 0.15) is 15.9 Å². The van der Waals surface area contributed by atoms with Crippen molar-refractivity contribution in [1.29, 1.82) is 0 Å². The molecule has 2 rings (SSSR count). The van der Waals surface area contributed by atoms with E-state index in [9.17, 15) is 13.6 Å². The van der Waals surface area contributed by atoms with Crippen LogP contribution >= 0.6 is 15.9 Å². The monoisotopic (exact) mass is 340 g/mol. The van der Waals surface area contributed by atoms with Crippen LogP contribution in [0.5, 0.6) is 5.75 Å². The number of ketones is 1. The lowest BCUT2D eigenvalue weighted by atomic mass is 10.0. The van der Waals surface area contributed by atoms with E-state index >= 15 is 0 Å². The zero-order chi connectivity index (χ0) is 14.7. The van der Waals surface area contributed by atoms with Crippen LogP contribution in [0.15, 0.2) is 40.9 Å². The highest BCUT2D eigenvalue weighted by Gasteiger charge is 2.16. The maximum atomic E-state index is 13.4. The minimum absolute atomic E-state index is 0.0920. The molecule has 0 aromatic heterocycles. The number of carbonyl (C=O) groups is 1. The molecule has 0 saturated carbocycles. The van der Waals surface area contributed by atoms with Crippen molar-refractivity contribution < 1.29 is 18.3 Å². The SMILES string of the molecule is COc1cc(F)c(Br)cc1C(=O)Cc1ccc(F)cc1. The zero-order valence-corrected chi connectivity index (χ0v) is 12.2. The van der Waals surface area contributed by atoms with Crippen molar-refractivity contribution in [1.82, 2.24) is 0 Å². The first-order chi connectivity index (χ1) is 9.51. The topological polar surface area (TPSA) is 26.3 Å². The van der Waals surface area contributed by atoms with E-state index in [4.69, 9.17) is 4.74 Å². The molecule has 2 nitrogen and oxygen atoms in total. The second-order valence-corrected chi connectivity index (χ2v) is 5.05. The summed E-state index contributed by atoms with van der Waals surface area (Å²) in [6.07, 6.45) is 0.0920. The van der Waals surface area contributed by atoms with Gasteiger partial charge in [-0.25, -0.2) is 8.78 Å². The molecule has 0 spiro atoms. The third-order valence-corrected chi connectivity index (χ3v) is 3.43. The van der Waals surface area contributed by atoms with Gasteiger partial charge in [-0.1, -0.05) is 12.1 Å². The van der Waals surface area contributed by atoms with Gasteiger partial charge in [0.15, 0.2) is 5.78 Å². The molecule has 0 saturated heterocycles. The van der Waals surface area contributed by atoms with Gasteiger partial charge in [0.1, 0.15) is 17.4 Å². The van der Waals surface area contributed by atoms with E-state index in [2.05, 4.69) is 15.9 Å². The second-order valence-electron chi connectivity index (χ2n) is 4.19. The van der Waals surface area contributed by atoms with Gasteiger partial charge in [-0.15, -0.1) is 0 Å². The molecule has 0 amide bonds. The lowest BCUT2D eigenvalue weighted by molar-refractivity contribution is 0.0990. The van der Waals surface area contributed by atoms with Crippen LogP contribution in [0.4, 0.5) is 8.78 Å². The molecular weight excluding hydrogens is 330 g/mol. The van der Waals surface area contributed by atoms with Crippen molar-refractivity contribution in [3.05, 3.63) is 63.6 Å². The predicted molar refractivity (Wildman–Crippen MR) is 75.1 cm³/mol. The standard InChI is InChI=1S/C15H11BrF2O2/c1-20-15-8-13(18)12(16)7-11(15)14(19)6-9-2-4-10(17)5-3-9/h2-5,7-8H,6H2,1H3. The highest BCUT2D eigenvalue weighted by molar-refractivity contribution is 9.10. The summed E-state index contributed by atoms with van der Waals surface area (Å²) in [5.41, 5.74) is 0.962. The van der Waals surface area contributed by atoms with Crippen molar-refractivity contribution in [3.63, 3.8) is 0 Å². The van der Waals surface area contributed by atoms with Gasteiger partial charge in [0.2, 0.25) is 0 Å². The summed E-state index contributed by atoms with van der Waals surface area (Å²) in [7, 11) is 1.37. The number of rotatable bonds is 4. The third kappa shape index (κ3) is 3.22. The average Bonchev–Trinajstić information content (AvgIpc) is 2.43. The molecule has 0 radical (unpaired) electrons. The van der Waals surface area contributed by atoms with Crippen LogP contribution in [0.2, 0.25) is 0 Å². The maximum absolute atomic E-state index is 13.4. The average molecular weight is 341 g/mol. The Morgan fingerprint density at radius 3 is 2.45 bits per heavy atom. The molecule has 0 N–H and O–H groups in total. The Kier molecular flexibility index (Phi) is 4.49. The molecule has 0 aliphatic heterocycles. The Labute approximate surface area is 123 Å². The van der Waals surface area contributed by atoms with E-state index in [1.54, 1.807) is 0 Å². The van der Waals surface area contributed by atoms with Gasteiger partial charge in [0.05, 0.1) is 17.1 Å². The van der Waals surface area contributed by atoms with Crippen molar-refractivity contribution >= 4 is 21.7 Å². The third-order valence-electron chi connectivity index (χ3n) is 2.82. The quantitative estimate of drug-likeness (QED) is 0.781. The second kappa shape index (κ2) is 6.13. The molecule has 5 heteroatoms. The summed E-state index contributed by atoms with van der Waals surface area (Å²) < 4.78 is 31.4. The minimum Gasteiger partial charge on any atom is -0.496 e. The summed E-state index contributed by atoms with van der Waals surface area (Å²) in [4.78, 5) is 12.2. The minimum atomic E-state index is -0.500. The Morgan fingerprint density at radius 1 is 1.20 bits per heavy atom. The molecule has 0 atom stereocenters. The number of Topliss-reactive ketones (excluding diaryl/α,β-unsaturated/α-hetero) is 1. The number of methoxy groups -OCH3 is 1. The van der Waals surface area contributed by atoms with Crippen molar-refractivity contribution in [2.75, 3.05) is 7.11 Å². The fraction of sp³-hybridized carbons (Fsp3) is 0.133. The van der Waals surface area contributed by atoms with Crippen molar-refractivity contribution in [2.45, 2.75) is 6.42 Å². The first-order valence-corrected chi connectivity index (χ1v) is 6.61. The van der Waals surface area contributed by atoms with Crippen LogP contribution in [-0.4, -0.2) is 12.9 Å². The Balaban J connectivity index is 2.29. The van der Waals surface area contributed by atoms with Gasteiger partial charge in [0.25, 0.3) is 0 Å². The number of ether oxygens (including phenoxy) is 1. The highest BCUT2D eigenvalue weighted by atomic mass is 79.9. The molecule has 0 bridgehead atoms. The smallest absolute Gasteiger partial charge is 0.170 e. The first kappa shape index (κ1) is 14.7. The largest absolute Gasteiger partial charge is 0.496 e. The molecule has 0 unspecified atom stereocenters. The Morgan fingerprint density at radius 2 is 1.85 bits per heavy atom. The molecular formula is C15H11BrF2O2. The van der Waals surface area contributed by atoms with E-state index in [1.807, 2.05) is 0 Å². The molecule has 2 aromatic carbocycles. The summed E-state index contributed by atoms with van der Waals surface area (Å²) in [5.74, 6) is -0.907. The number of halogens is 3. The number of hydrogen-bond acceptors (Lipinski definition) is 2. The van der Waals surface area contributed by atoms with E-state index < -0.39 is 5.82 Å². The number of benzene rings is 2. The molecule has 0 aliphatic carbocycles. The van der Waals surface area contributed by atoms with Crippen LogP contribution in [0.25, 0.3) is 0 Å². The molecule has 0 aliphatic rings. The first-order valence-electron chi connectivity index (χ1n) is 5.82. The van der Waals surface area contributed by atoms with Crippen molar-refractivity contribution in [3.8, 4) is 5.75 Å². The summed E-state index contributed by atoms with van der Waals surface area (Å²) >= 11 is 3.04. The molecule has 104 valence electrons. The summed E-state index contributed by atoms with van der Waals surface area (Å²) in [6.45, 7) is 0. The van der Waals surface area contributed by atoms with Gasteiger partial charge in [-0.2, -0.15) is 0 Å². The van der Waals surface area contributed by atoms with E-state index in [0.717, 1.165) is 6.07 Å². The normalized spacial score (nSPS) is 10.4. The van der Waals surface area contributed by atoms with Gasteiger partial charge in [-0.3, -0.25) is 4.79 Å². The number of carbonyl (C=O) groups excluding carboxylic acids is 1. The predicted octanol–water partition coefficient (Wildman–Crippen LogP) is 4.16. The lowest BCUT2D eigenvalue weighted by Gasteiger charge is -2.09. The molecule has 2 aromatic rings. The Bertz CT molecular complexity index is 639. The van der Waals surface area contributed by atoms with Crippen LogP contribution < -0.4 is 4.74 Å². The van der Waals surface area contributed by atoms with Gasteiger partial charge >= 0.3 is 0 Å². The maximum Gasteiger partial charge on any atom is 0.170 e. The summed E-state index contributed by atoms with van der Waals surface area (Å²) in [5, 5.41) is 0. The fourth-order valence-corrected chi connectivity index (χ4v) is 2.14. The van der Waals surface area contributed by atoms with Crippen LogP contribution in [0, 0.1) is 11.6 Å². The van der Waals surface area contributed by atoms with Crippen LogP contribution in [-0.2, 0) is 6.42 Å². The lowest BCUT2D eigenvalue weighted by Crippen LogP contribution is -2.06. The van der Waals surface area contributed by atoms with E-state index in [0.29, 0.717) is 5.56 Å². The van der Waals surface area contributed by atoms with E-state index in [1.165, 1.54) is 37.4 Å². The zero-order valence-electron chi connectivity index (χ0n) is 10.6. The molecule has 0 heterocycles. The van der Waals surface area contributed by atoms with Gasteiger partial charge in [-0.05, 0) is 39.7 Å². The number of hydrogen-bond donors (Lipinski definition) is 0.